The summed E-state index contributed by atoms with van der Waals surface area (Å²) >= 11 is 1.76. The molecule has 1 fully saturated rings. The molecule has 0 spiro atoms. The van der Waals surface area contributed by atoms with E-state index < -0.39 is 0 Å². The molecule has 0 atom stereocenters. The van der Waals surface area contributed by atoms with Crippen molar-refractivity contribution in [3.8, 4) is 0 Å². The second-order valence-corrected chi connectivity index (χ2v) is 6.67. The fourth-order valence-corrected chi connectivity index (χ4v) is 3.63. The Balaban J connectivity index is 1.80. The molecule has 21 heavy (non-hydrogen) atoms. The van der Waals surface area contributed by atoms with E-state index >= 15 is 0 Å². The first-order chi connectivity index (χ1) is 10.1. The number of hydrogen-bond donors (Lipinski definition) is 2. The fraction of sp³-hybridized carbons (Fsp3) is 0.500. The lowest BCUT2D eigenvalue weighted by molar-refractivity contribution is -0.114. The number of nitrogens with one attached hydrogen (secondary N) is 2. The van der Waals surface area contributed by atoms with Crippen molar-refractivity contribution in [2.75, 3.05) is 16.4 Å². The van der Waals surface area contributed by atoms with Crippen LogP contribution in [0.3, 0.4) is 0 Å². The van der Waals surface area contributed by atoms with Gasteiger partial charge in [-0.1, -0.05) is 25.3 Å². The highest BCUT2D eigenvalue weighted by Crippen LogP contribution is 2.28. The first-order valence-electron chi connectivity index (χ1n) is 7.42. The molecule has 114 valence electrons. The largest absolute Gasteiger partial charge is 0.326 e. The molecule has 2 rings (SSSR count). The van der Waals surface area contributed by atoms with Gasteiger partial charge in [-0.2, -0.15) is 0 Å². The van der Waals surface area contributed by atoms with E-state index in [0.717, 1.165) is 5.69 Å². The second-order valence-electron chi connectivity index (χ2n) is 5.38. The Morgan fingerprint density at radius 2 is 1.81 bits per heavy atom. The third kappa shape index (κ3) is 5.79. The molecule has 0 aliphatic heterocycles. The van der Waals surface area contributed by atoms with Gasteiger partial charge in [0.05, 0.1) is 5.75 Å². The van der Waals surface area contributed by atoms with Crippen LogP contribution in [0.25, 0.3) is 0 Å². The maximum Gasteiger partial charge on any atom is 0.234 e. The molecular formula is C16H22N2O2S. The highest BCUT2D eigenvalue weighted by molar-refractivity contribution is 8.00. The molecule has 1 aromatic rings. The number of thioether (sulfide) groups is 1. The monoisotopic (exact) mass is 306 g/mol. The van der Waals surface area contributed by atoms with Crippen LogP contribution in [0.5, 0.6) is 0 Å². The molecular weight excluding hydrogens is 284 g/mol. The minimum absolute atomic E-state index is 0.0190. The van der Waals surface area contributed by atoms with Gasteiger partial charge < -0.3 is 10.6 Å². The van der Waals surface area contributed by atoms with Crippen LogP contribution < -0.4 is 10.6 Å². The molecule has 0 radical (unpaired) electrons. The van der Waals surface area contributed by atoms with Crippen LogP contribution in [0.15, 0.2) is 24.3 Å². The Bertz CT molecular complexity index is 499. The van der Waals surface area contributed by atoms with Crippen LogP contribution in [0.2, 0.25) is 0 Å². The molecule has 1 aromatic carbocycles. The van der Waals surface area contributed by atoms with Crippen molar-refractivity contribution in [2.24, 2.45) is 0 Å². The summed E-state index contributed by atoms with van der Waals surface area (Å²) < 4.78 is 0. The summed E-state index contributed by atoms with van der Waals surface area (Å²) in [5, 5.41) is 6.23. The summed E-state index contributed by atoms with van der Waals surface area (Å²) in [4.78, 5) is 23.0. The minimum Gasteiger partial charge on any atom is -0.326 e. The highest BCUT2D eigenvalue weighted by atomic mass is 32.2. The summed E-state index contributed by atoms with van der Waals surface area (Å²) in [6, 6.07) is 7.21. The summed E-state index contributed by atoms with van der Waals surface area (Å²) in [7, 11) is 0. The Hall–Kier alpha value is -1.49. The van der Waals surface area contributed by atoms with Crippen molar-refractivity contribution in [3.63, 3.8) is 0 Å². The average Bonchev–Trinajstić information content (AvgIpc) is 2.46. The predicted molar refractivity (Wildman–Crippen MR) is 88.7 cm³/mol. The third-order valence-electron chi connectivity index (χ3n) is 3.47. The Kier molecular flexibility index (Phi) is 6.11. The van der Waals surface area contributed by atoms with Crippen LogP contribution >= 0.6 is 11.8 Å². The predicted octanol–water partition coefficient (Wildman–Crippen LogP) is 3.65. The SMILES string of the molecule is CC(=O)Nc1cccc(NC(=O)CSC2CCCCC2)c1. The minimum atomic E-state index is -0.119. The number of carbonyl (C=O) groups is 2. The Labute approximate surface area is 130 Å². The van der Waals surface area contributed by atoms with Crippen molar-refractivity contribution < 1.29 is 9.59 Å². The zero-order valence-corrected chi connectivity index (χ0v) is 13.2. The van der Waals surface area contributed by atoms with E-state index in [1.807, 2.05) is 12.1 Å². The average molecular weight is 306 g/mol. The van der Waals surface area contributed by atoms with Crippen molar-refractivity contribution >= 4 is 35.0 Å². The molecule has 2 N–H and O–H groups in total. The topological polar surface area (TPSA) is 58.2 Å². The molecule has 0 aromatic heterocycles. The van der Waals surface area contributed by atoms with Gasteiger partial charge in [-0.25, -0.2) is 0 Å². The van der Waals surface area contributed by atoms with Gasteiger partial charge in [0, 0.05) is 23.5 Å². The van der Waals surface area contributed by atoms with Gasteiger partial charge in [-0.15, -0.1) is 11.8 Å². The summed E-state index contributed by atoms with van der Waals surface area (Å²) in [6.45, 7) is 1.46. The number of amides is 2. The van der Waals surface area contributed by atoms with Crippen LogP contribution in [0.4, 0.5) is 11.4 Å². The van der Waals surface area contributed by atoms with E-state index in [0.29, 0.717) is 16.7 Å². The van der Waals surface area contributed by atoms with Crippen LogP contribution in [-0.4, -0.2) is 22.8 Å². The molecule has 1 aliphatic carbocycles. The van der Waals surface area contributed by atoms with Crippen LogP contribution in [0.1, 0.15) is 39.0 Å². The van der Waals surface area contributed by atoms with Gasteiger partial charge >= 0.3 is 0 Å². The van der Waals surface area contributed by atoms with Crippen molar-refractivity contribution in [1.29, 1.82) is 0 Å². The van der Waals surface area contributed by atoms with E-state index in [2.05, 4.69) is 10.6 Å². The molecule has 0 saturated heterocycles. The normalized spacial score (nSPS) is 15.5. The first kappa shape index (κ1) is 15.9. The molecule has 1 aliphatic rings. The maximum absolute atomic E-state index is 12.0. The number of benzene rings is 1. The standard InChI is InChI=1S/C16H22N2O2S/c1-12(19)17-13-6-5-7-14(10-13)18-16(20)11-21-15-8-3-2-4-9-15/h5-7,10,15H,2-4,8-9,11H2,1H3,(H,17,19)(H,18,20). The van der Waals surface area contributed by atoms with E-state index in [9.17, 15) is 9.59 Å². The van der Waals surface area contributed by atoms with Gasteiger partial charge in [-0.05, 0) is 31.0 Å². The molecule has 5 heteroatoms. The van der Waals surface area contributed by atoms with Crippen molar-refractivity contribution in [3.05, 3.63) is 24.3 Å². The molecule has 2 amide bonds. The molecule has 0 heterocycles. The zero-order valence-electron chi connectivity index (χ0n) is 12.4. The molecule has 0 bridgehead atoms. The van der Waals surface area contributed by atoms with Crippen LogP contribution in [-0.2, 0) is 9.59 Å². The summed E-state index contributed by atoms with van der Waals surface area (Å²) in [6.07, 6.45) is 6.38. The van der Waals surface area contributed by atoms with Gasteiger partial charge in [0.1, 0.15) is 0 Å². The Morgan fingerprint density at radius 3 is 2.48 bits per heavy atom. The molecule has 0 unspecified atom stereocenters. The van der Waals surface area contributed by atoms with E-state index in [4.69, 9.17) is 0 Å². The quantitative estimate of drug-likeness (QED) is 0.873. The zero-order chi connectivity index (χ0) is 15.1. The first-order valence-corrected chi connectivity index (χ1v) is 8.47. The Morgan fingerprint density at radius 1 is 1.14 bits per heavy atom. The number of hydrogen-bond acceptors (Lipinski definition) is 3. The van der Waals surface area contributed by atoms with Gasteiger partial charge in [0.25, 0.3) is 0 Å². The van der Waals surface area contributed by atoms with Gasteiger partial charge in [-0.3, -0.25) is 9.59 Å². The fourth-order valence-electron chi connectivity index (χ4n) is 2.50. The van der Waals surface area contributed by atoms with E-state index in [-0.39, 0.29) is 11.8 Å². The number of anilines is 2. The summed E-state index contributed by atoms with van der Waals surface area (Å²) in [5.74, 6) is 0.395. The number of rotatable bonds is 5. The van der Waals surface area contributed by atoms with Gasteiger partial charge in [0.15, 0.2) is 0 Å². The lowest BCUT2D eigenvalue weighted by atomic mass is 10.0. The smallest absolute Gasteiger partial charge is 0.234 e. The van der Waals surface area contributed by atoms with Crippen LogP contribution in [0, 0.1) is 0 Å². The lowest BCUT2D eigenvalue weighted by Crippen LogP contribution is -2.18. The number of carbonyl (C=O) groups excluding carboxylic acids is 2. The lowest BCUT2D eigenvalue weighted by Gasteiger charge is -2.20. The van der Waals surface area contributed by atoms with Crippen molar-refractivity contribution in [1.82, 2.24) is 0 Å². The summed E-state index contributed by atoms with van der Waals surface area (Å²) in [5.41, 5.74) is 1.41. The van der Waals surface area contributed by atoms with E-state index in [1.54, 1.807) is 23.9 Å². The highest BCUT2D eigenvalue weighted by Gasteiger charge is 2.15. The second kappa shape index (κ2) is 8.08. The van der Waals surface area contributed by atoms with E-state index in [1.165, 1.54) is 39.0 Å². The van der Waals surface area contributed by atoms with Crippen molar-refractivity contribution in [2.45, 2.75) is 44.3 Å². The van der Waals surface area contributed by atoms with Gasteiger partial charge in [0.2, 0.25) is 11.8 Å². The molecule has 1 saturated carbocycles. The third-order valence-corrected chi connectivity index (χ3v) is 4.84. The molecule has 4 nitrogen and oxygen atoms in total. The maximum atomic E-state index is 12.0.